The third-order valence-corrected chi connectivity index (χ3v) is 4.12. The molecule has 0 bridgehead atoms. The van der Waals surface area contributed by atoms with E-state index in [9.17, 15) is 4.79 Å². The number of oxime groups is 1. The van der Waals surface area contributed by atoms with Crippen LogP contribution in [0.15, 0.2) is 9.57 Å². The SMILES string of the molecule is Cc1oc(C)c(C(=O)NC2CCCC2C(N)=NO)c1C. The number of furan rings is 1. The van der Waals surface area contributed by atoms with Crippen LogP contribution in [0, 0.1) is 26.7 Å². The average Bonchev–Trinajstić information content (AvgIpc) is 2.94. The van der Waals surface area contributed by atoms with E-state index in [1.807, 2.05) is 13.8 Å². The van der Waals surface area contributed by atoms with Crippen molar-refractivity contribution in [1.82, 2.24) is 5.32 Å². The number of amidine groups is 1. The smallest absolute Gasteiger partial charge is 0.255 e. The minimum absolute atomic E-state index is 0.0904. The van der Waals surface area contributed by atoms with Gasteiger partial charge in [-0.1, -0.05) is 11.6 Å². The van der Waals surface area contributed by atoms with Crippen LogP contribution in [0.4, 0.5) is 0 Å². The van der Waals surface area contributed by atoms with E-state index in [1.165, 1.54) is 0 Å². The predicted molar refractivity (Wildman–Crippen MR) is 74.9 cm³/mol. The molecule has 1 aromatic rings. The lowest BCUT2D eigenvalue weighted by molar-refractivity contribution is 0.0931. The first-order valence-electron chi connectivity index (χ1n) is 6.80. The molecule has 0 aliphatic heterocycles. The lowest BCUT2D eigenvalue weighted by atomic mass is 10.0. The van der Waals surface area contributed by atoms with Crippen molar-refractivity contribution in [3.63, 3.8) is 0 Å². The minimum atomic E-state index is -0.153. The summed E-state index contributed by atoms with van der Waals surface area (Å²) in [7, 11) is 0. The first kappa shape index (κ1) is 14.4. The summed E-state index contributed by atoms with van der Waals surface area (Å²) in [6, 6.07) is -0.0904. The van der Waals surface area contributed by atoms with Crippen molar-refractivity contribution in [3.05, 3.63) is 22.6 Å². The van der Waals surface area contributed by atoms with Gasteiger partial charge in [-0.2, -0.15) is 0 Å². The summed E-state index contributed by atoms with van der Waals surface area (Å²) in [6.45, 7) is 5.49. The van der Waals surface area contributed by atoms with Crippen LogP contribution in [-0.4, -0.2) is 23.0 Å². The molecule has 6 nitrogen and oxygen atoms in total. The molecule has 0 saturated heterocycles. The third-order valence-electron chi connectivity index (χ3n) is 4.12. The fraction of sp³-hybridized carbons (Fsp3) is 0.571. The summed E-state index contributed by atoms with van der Waals surface area (Å²) in [6.07, 6.45) is 2.61. The Morgan fingerprint density at radius 2 is 2.05 bits per heavy atom. The number of hydrogen-bond donors (Lipinski definition) is 3. The molecule has 20 heavy (non-hydrogen) atoms. The molecule has 2 unspecified atom stereocenters. The molecule has 1 heterocycles. The Morgan fingerprint density at radius 3 is 2.60 bits per heavy atom. The highest BCUT2D eigenvalue weighted by molar-refractivity contribution is 5.97. The summed E-state index contributed by atoms with van der Waals surface area (Å²) in [4.78, 5) is 12.4. The van der Waals surface area contributed by atoms with Gasteiger partial charge in [0.1, 0.15) is 17.4 Å². The predicted octanol–water partition coefficient (Wildman–Crippen LogP) is 1.85. The Bertz CT molecular complexity index is 548. The molecule has 0 aromatic carbocycles. The summed E-state index contributed by atoms with van der Waals surface area (Å²) < 4.78 is 5.48. The number of carbonyl (C=O) groups excluding carboxylic acids is 1. The van der Waals surface area contributed by atoms with Crippen molar-refractivity contribution in [2.75, 3.05) is 0 Å². The van der Waals surface area contributed by atoms with Crippen LogP contribution in [0.1, 0.15) is 46.7 Å². The molecule has 2 atom stereocenters. The van der Waals surface area contributed by atoms with Crippen LogP contribution in [-0.2, 0) is 0 Å². The van der Waals surface area contributed by atoms with Gasteiger partial charge >= 0.3 is 0 Å². The van der Waals surface area contributed by atoms with Crippen molar-refractivity contribution >= 4 is 11.7 Å². The molecule has 1 aliphatic rings. The molecule has 2 rings (SSSR count). The van der Waals surface area contributed by atoms with Crippen LogP contribution in [0.3, 0.4) is 0 Å². The number of amides is 1. The second-order valence-electron chi connectivity index (χ2n) is 5.36. The van der Waals surface area contributed by atoms with Gasteiger partial charge in [-0.3, -0.25) is 4.79 Å². The number of nitrogens with one attached hydrogen (secondary N) is 1. The molecule has 0 spiro atoms. The number of nitrogens with two attached hydrogens (primary N) is 1. The lowest BCUT2D eigenvalue weighted by Crippen LogP contribution is -2.42. The second kappa shape index (κ2) is 5.56. The summed E-state index contributed by atoms with van der Waals surface area (Å²) >= 11 is 0. The first-order valence-corrected chi connectivity index (χ1v) is 6.80. The Morgan fingerprint density at radius 1 is 1.35 bits per heavy atom. The van der Waals surface area contributed by atoms with Gasteiger partial charge in [-0.05, 0) is 33.6 Å². The molecule has 1 saturated carbocycles. The Kier molecular flexibility index (Phi) is 4.01. The molecule has 1 aromatic heterocycles. The van der Waals surface area contributed by atoms with Gasteiger partial charge in [0.15, 0.2) is 0 Å². The number of rotatable bonds is 3. The normalized spacial score (nSPS) is 23.1. The van der Waals surface area contributed by atoms with Gasteiger partial charge in [0.05, 0.1) is 5.56 Å². The quantitative estimate of drug-likeness (QED) is 0.340. The Balaban J connectivity index is 2.15. The second-order valence-corrected chi connectivity index (χ2v) is 5.36. The van der Waals surface area contributed by atoms with Crippen molar-refractivity contribution in [2.45, 2.75) is 46.1 Å². The maximum absolute atomic E-state index is 12.4. The van der Waals surface area contributed by atoms with E-state index in [0.29, 0.717) is 11.3 Å². The van der Waals surface area contributed by atoms with Gasteiger partial charge in [0.25, 0.3) is 5.91 Å². The van der Waals surface area contributed by atoms with Gasteiger partial charge in [-0.15, -0.1) is 0 Å². The van der Waals surface area contributed by atoms with Crippen molar-refractivity contribution in [2.24, 2.45) is 16.8 Å². The van der Waals surface area contributed by atoms with E-state index < -0.39 is 0 Å². The van der Waals surface area contributed by atoms with Crippen LogP contribution in [0.5, 0.6) is 0 Å². The molecule has 0 radical (unpaired) electrons. The summed E-state index contributed by atoms with van der Waals surface area (Å²) in [5.41, 5.74) is 7.13. The first-order chi connectivity index (χ1) is 9.45. The molecule has 1 amide bonds. The average molecular weight is 279 g/mol. The van der Waals surface area contributed by atoms with Crippen LogP contribution in [0.25, 0.3) is 0 Å². The number of nitrogens with zero attached hydrogens (tertiary/aromatic N) is 1. The highest BCUT2D eigenvalue weighted by Gasteiger charge is 2.33. The van der Waals surface area contributed by atoms with Gasteiger partial charge in [0.2, 0.25) is 0 Å². The molecule has 110 valence electrons. The summed E-state index contributed by atoms with van der Waals surface area (Å²) in [5, 5.41) is 14.8. The Labute approximate surface area is 118 Å². The van der Waals surface area contributed by atoms with E-state index in [4.69, 9.17) is 15.4 Å². The maximum Gasteiger partial charge on any atom is 0.255 e. The van der Waals surface area contributed by atoms with Crippen molar-refractivity contribution in [1.29, 1.82) is 0 Å². The zero-order valence-corrected chi connectivity index (χ0v) is 12.1. The molecule has 4 N–H and O–H groups in total. The number of carbonyl (C=O) groups is 1. The largest absolute Gasteiger partial charge is 0.466 e. The number of hydrogen-bond acceptors (Lipinski definition) is 4. The molecular weight excluding hydrogens is 258 g/mol. The molecule has 1 fully saturated rings. The van der Waals surface area contributed by atoms with E-state index in [2.05, 4.69) is 10.5 Å². The standard InChI is InChI=1S/C14H21N3O3/c1-7-8(2)20-9(3)12(7)14(18)16-11-6-4-5-10(11)13(15)17-19/h10-11,19H,4-6H2,1-3H3,(H2,15,17)(H,16,18). The fourth-order valence-electron chi connectivity index (χ4n) is 2.93. The van der Waals surface area contributed by atoms with Crippen molar-refractivity contribution < 1.29 is 14.4 Å². The third kappa shape index (κ3) is 2.50. The van der Waals surface area contributed by atoms with E-state index in [1.54, 1.807) is 6.92 Å². The minimum Gasteiger partial charge on any atom is -0.466 e. The molecular formula is C14H21N3O3. The lowest BCUT2D eigenvalue weighted by Gasteiger charge is -2.19. The fourth-order valence-corrected chi connectivity index (χ4v) is 2.93. The Hall–Kier alpha value is -1.98. The van der Waals surface area contributed by atoms with Gasteiger partial charge in [0, 0.05) is 17.5 Å². The van der Waals surface area contributed by atoms with E-state index in [-0.39, 0.29) is 23.7 Å². The number of aryl methyl sites for hydroxylation is 2. The topological polar surface area (TPSA) is 101 Å². The van der Waals surface area contributed by atoms with Gasteiger partial charge in [-0.25, -0.2) is 0 Å². The molecule has 1 aliphatic carbocycles. The van der Waals surface area contributed by atoms with Crippen molar-refractivity contribution in [3.8, 4) is 0 Å². The maximum atomic E-state index is 12.4. The molecule has 6 heteroatoms. The highest BCUT2D eigenvalue weighted by atomic mass is 16.4. The van der Waals surface area contributed by atoms with E-state index in [0.717, 1.165) is 30.6 Å². The van der Waals surface area contributed by atoms with Crippen LogP contribution in [0.2, 0.25) is 0 Å². The monoisotopic (exact) mass is 279 g/mol. The van der Waals surface area contributed by atoms with Gasteiger partial charge < -0.3 is 20.7 Å². The zero-order valence-electron chi connectivity index (χ0n) is 12.1. The zero-order chi connectivity index (χ0) is 14.9. The summed E-state index contributed by atoms with van der Waals surface area (Å²) in [5.74, 6) is 1.31. The van der Waals surface area contributed by atoms with E-state index >= 15 is 0 Å². The van der Waals surface area contributed by atoms with Crippen LogP contribution < -0.4 is 11.1 Å². The van der Waals surface area contributed by atoms with Crippen LogP contribution >= 0.6 is 0 Å². The highest BCUT2D eigenvalue weighted by Crippen LogP contribution is 2.27.